The van der Waals surface area contributed by atoms with Gasteiger partial charge in [0.25, 0.3) is 0 Å². The lowest BCUT2D eigenvalue weighted by molar-refractivity contribution is -0.702. The summed E-state index contributed by atoms with van der Waals surface area (Å²) in [6, 6.07) is 0. The summed E-state index contributed by atoms with van der Waals surface area (Å²) in [4.78, 5) is 23.9. The lowest BCUT2D eigenvalue weighted by Gasteiger charge is -2.23. The van der Waals surface area contributed by atoms with Crippen LogP contribution in [0.5, 0.6) is 0 Å². The predicted molar refractivity (Wildman–Crippen MR) is 105 cm³/mol. The Balaban J connectivity index is 2.68. The number of nitrogens with one attached hydrogen (secondary N) is 2. The molecule has 2 amide bonds. The first-order chi connectivity index (χ1) is 12.2. The van der Waals surface area contributed by atoms with Crippen molar-refractivity contribution >= 4 is 28.1 Å². The number of halogens is 1. The van der Waals surface area contributed by atoms with Crippen LogP contribution in [0, 0.1) is 5.92 Å². The van der Waals surface area contributed by atoms with Crippen molar-refractivity contribution in [1.29, 1.82) is 0 Å². The molecule has 0 radical (unpaired) electrons. The third-order valence-electron chi connectivity index (χ3n) is 3.27. The monoisotopic (exact) mass is 447 g/mol. The minimum atomic E-state index is -0.562. The van der Waals surface area contributed by atoms with Gasteiger partial charge in [-0.25, -0.2) is 18.7 Å². The number of amides is 2. The topological polar surface area (TPSA) is 85.5 Å². The van der Waals surface area contributed by atoms with Crippen molar-refractivity contribution in [2.24, 2.45) is 13.0 Å². The van der Waals surface area contributed by atoms with E-state index >= 15 is 0 Å². The van der Waals surface area contributed by atoms with E-state index in [-0.39, 0.29) is 5.92 Å². The third-order valence-corrected chi connectivity index (χ3v) is 4.03. The molecule has 27 heavy (non-hydrogen) atoms. The molecule has 9 heteroatoms. The highest BCUT2D eigenvalue weighted by Gasteiger charge is 2.22. The molecule has 8 nitrogen and oxygen atoms in total. The van der Waals surface area contributed by atoms with Gasteiger partial charge >= 0.3 is 12.2 Å². The molecule has 0 atom stereocenters. The second-order valence-corrected chi connectivity index (χ2v) is 9.32. The number of imidazole rings is 1. The van der Waals surface area contributed by atoms with E-state index in [0.29, 0.717) is 19.6 Å². The first-order valence-electron chi connectivity index (χ1n) is 8.90. The molecular formula is C18H32BrN4O4+. The number of carbonyl (C=O) groups excluding carboxylic acids is 2. The first-order valence-corrected chi connectivity index (χ1v) is 9.69. The van der Waals surface area contributed by atoms with Crippen LogP contribution in [0.15, 0.2) is 17.1 Å². The van der Waals surface area contributed by atoms with Crippen molar-refractivity contribution in [3.63, 3.8) is 0 Å². The highest BCUT2D eigenvalue weighted by atomic mass is 79.9. The van der Waals surface area contributed by atoms with Crippen LogP contribution in [0.1, 0.15) is 41.5 Å². The van der Waals surface area contributed by atoms with E-state index in [1.165, 1.54) is 0 Å². The Bertz CT molecular complexity index is 595. The van der Waals surface area contributed by atoms with E-state index in [1.807, 2.05) is 70.2 Å². The Kier molecular flexibility index (Phi) is 8.13. The third kappa shape index (κ3) is 10.2. The second-order valence-electron chi connectivity index (χ2n) is 8.51. The van der Waals surface area contributed by atoms with Gasteiger partial charge in [0.15, 0.2) is 0 Å². The molecule has 1 heterocycles. The fourth-order valence-corrected chi connectivity index (χ4v) is 2.58. The maximum absolute atomic E-state index is 11.9. The number of ether oxygens (including phenoxy) is 2. The summed E-state index contributed by atoms with van der Waals surface area (Å²) in [6.07, 6.45) is 2.90. The van der Waals surface area contributed by atoms with Gasteiger partial charge in [-0.3, -0.25) is 0 Å². The molecular weight excluding hydrogens is 416 g/mol. The number of nitrogens with zero attached hydrogens (tertiary/aromatic N) is 2. The van der Waals surface area contributed by atoms with Gasteiger partial charge in [-0.1, -0.05) is 0 Å². The van der Waals surface area contributed by atoms with Crippen LogP contribution in [0.4, 0.5) is 9.59 Å². The largest absolute Gasteiger partial charge is 0.444 e. The van der Waals surface area contributed by atoms with E-state index in [1.54, 1.807) is 0 Å². The molecule has 0 spiro atoms. The predicted octanol–water partition coefficient (Wildman–Crippen LogP) is 2.74. The molecule has 0 saturated heterocycles. The summed E-state index contributed by atoms with van der Waals surface area (Å²) < 4.78 is 15.4. The Morgan fingerprint density at radius 3 is 1.85 bits per heavy atom. The summed E-state index contributed by atoms with van der Waals surface area (Å²) in [5.74, 6) is -0.0515. The average Bonchev–Trinajstić information content (AvgIpc) is 2.76. The molecule has 0 unspecified atom stereocenters. The van der Waals surface area contributed by atoms with Gasteiger partial charge in [0.2, 0.25) is 10.9 Å². The number of hydrogen-bond donors (Lipinski definition) is 2. The molecule has 1 aromatic rings. The lowest BCUT2D eigenvalue weighted by Crippen LogP contribution is -2.46. The van der Waals surface area contributed by atoms with Crippen molar-refractivity contribution in [1.82, 2.24) is 15.2 Å². The summed E-state index contributed by atoms with van der Waals surface area (Å²) in [7, 11) is 1.92. The minimum absolute atomic E-state index is 0.0515. The molecule has 0 aliphatic rings. The summed E-state index contributed by atoms with van der Waals surface area (Å²) in [5.41, 5.74) is -1.12. The maximum atomic E-state index is 11.9. The molecule has 0 aliphatic carbocycles. The fraction of sp³-hybridized carbons (Fsp3) is 0.722. The van der Waals surface area contributed by atoms with E-state index in [9.17, 15) is 9.59 Å². The fourth-order valence-electron chi connectivity index (χ4n) is 2.22. The number of aryl methyl sites for hydroxylation is 1. The highest BCUT2D eigenvalue weighted by Crippen LogP contribution is 2.09. The van der Waals surface area contributed by atoms with Crippen molar-refractivity contribution in [2.45, 2.75) is 59.3 Å². The van der Waals surface area contributed by atoms with Gasteiger partial charge in [0.05, 0.1) is 13.6 Å². The van der Waals surface area contributed by atoms with Crippen molar-refractivity contribution in [2.75, 3.05) is 13.1 Å². The zero-order chi connectivity index (χ0) is 20.8. The van der Waals surface area contributed by atoms with Crippen LogP contribution in [0.2, 0.25) is 0 Å². The normalized spacial score (nSPS) is 12.0. The second kappa shape index (κ2) is 9.43. The lowest BCUT2D eigenvalue weighted by atomic mass is 10.1. The van der Waals surface area contributed by atoms with Gasteiger partial charge in [-0.05, 0) is 41.5 Å². The minimum Gasteiger partial charge on any atom is -0.444 e. The standard InChI is InChI=1S/C18H31BrN4O4/c1-17(2,3)26-15(24)20-8-13(9-21-16(25)27-18(4,5)6)10-23-11-14(19)22(7)12-23/h11-13H,8-10H2,1-7H3,(H-,20,21,24,25)/p+1. The summed E-state index contributed by atoms with van der Waals surface area (Å²) in [6.45, 7) is 12.2. The van der Waals surface area contributed by atoms with Crippen LogP contribution in [-0.2, 0) is 23.1 Å². The Hall–Kier alpha value is -1.77. The number of alkyl carbamates (subject to hydrolysis) is 2. The smallest absolute Gasteiger partial charge is 0.407 e. The number of aromatic nitrogens is 2. The van der Waals surface area contributed by atoms with Crippen molar-refractivity contribution in [3.8, 4) is 0 Å². The van der Waals surface area contributed by atoms with Crippen molar-refractivity contribution < 1.29 is 23.6 Å². The van der Waals surface area contributed by atoms with Crippen LogP contribution in [0.3, 0.4) is 0 Å². The Morgan fingerprint density at radius 2 is 1.52 bits per heavy atom. The van der Waals surface area contributed by atoms with E-state index in [0.717, 1.165) is 4.60 Å². The zero-order valence-electron chi connectivity index (χ0n) is 17.3. The summed E-state index contributed by atoms with van der Waals surface area (Å²) >= 11 is 3.46. The van der Waals surface area contributed by atoms with Crippen LogP contribution in [0.25, 0.3) is 0 Å². The number of hydrogen-bond acceptors (Lipinski definition) is 4. The average molecular weight is 448 g/mol. The van der Waals surface area contributed by atoms with Gasteiger partial charge in [-0.15, -0.1) is 0 Å². The Morgan fingerprint density at radius 1 is 1.07 bits per heavy atom. The Labute approximate surface area is 169 Å². The van der Waals surface area contributed by atoms with E-state index < -0.39 is 23.4 Å². The van der Waals surface area contributed by atoms with E-state index in [4.69, 9.17) is 9.47 Å². The molecule has 0 fully saturated rings. The van der Waals surface area contributed by atoms with Gasteiger partial charge in [-0.2, -0.15) is 0 Å². The molecule has 0 saturated carbocycles. The maximum Gasteiger partial charge on any atom is 0.407 e. The van der Waals surface area contributed by atoms with E-state index in [2.05, 4.69) is 26.6 Å². The molecule has 1 rings (SSSR count). The SMILES string of the molecule is Cn1c[n+](CC(CNC(=O)OC(C)(C)C)CNC(=O)OC(C)(C)C)cc1Br. The molecule has 0 aliphatic heterocycles. The van der Waals surface area contributed by atoms with Gasteiger partial charge in [0, 0.05) is 34.9 Å². The van der Waals surface area contributed by atoms with Crippen LogP contribution >= 0.6 is 15.9 Å². The quantitative estimate of drug-likeness (QED) is 0.656. The van der Waals surface area contributed by atoms with Crippen molar-refractivity contribution in [3.05, 3.63) is 17.1 Å². The summed E-state index contributed by atoms with van der Waals surface area (Å²) in [5, 5.41) is 5.54. The van der Waals surface area contributed by atoms with Gasteiger partial charge in [0.1, 0.15) is 17.4 Å². The molecule has 154 valence electrons. The van der Waals surface area contributed by atoms with Crippen LogP contribution < -0.4 is 15.2 Å². The van der Waals surface area contributed by atoms with Gasteiger partial charge < -0.3 is 20.1 Å². The molecule has 2 N–H and O–H groups in total. The zero-order valence-corrected chi connectivity index (χ0v) is 18.8. The molecule has 1 aromatic heterocycles. The highest BCUT2D eigenvalue weighted by molar-refractivity contribution is 9.10. The molecule has 0 aromatic carbocycles. The number of rotatable bonds is 6. The van der Waals surface area contributed by atoms with Crippen LogP contribution in [-0.4, -0.2) is 41.0 Å². The number of carbonyl (C=O) groups is 2. The first kappa shape index (κ1) is 23.3. The molecule has 0 bridgehead atoms.